The monoisotopic (exact) mass is 262 g/mol. The van der Waals surface area contributed by atoms with E-state index in [1.807, 2.05) is 24.3 Å². The maximum Gasteiger partial charge on any atom is 0.225 e. The van der Waals surface area contributed by atoms with Crippen molar-refractivity contribution in [2.24, 2.45) is 11.1 Å². The predicted molar refractivity (Wildman–Crippen MR) is 81.1 cm³/mol. The van der Waals surface area contributed by atoms with E-state index in [1.165, 1.54) is 0 Å². The summed E-state index contributed by atoms with van der Waals surface area (Å²) >= 11 is 0. The molecule has 0 spiro atoms. The zero-order valence-electron chi connectivity index (χ0n) is 12.5. The number of hydrogen-bond donors (Lipinski definition) is 2. The fraction of sp³-hybridized carbons (Fsp3) is 0.562. The van der Waals surface area contributed by atoms with Crippen LogP contribution in [-0.4, -0.2) is 11.9 Å². The van der Waals surface area contributed by atoms with Gasteiger partial charge in [0, 0.05) is 18.2 Å². The van der Waals surface area contributed by atoms with E-state index < -0.39 is 0 Å². The summed E-state index contributed by atoms with van der Waals surface area (Å²) in [5.74, 6) is -0.00218. The molecule has 1 rings (SSSR count). The van der Waals surface area contributed by atoms with E-state index in [9.17, 15) is 4.79 Å². The highest BCUT2D eigenvalue weighted by atomic mass is 16.1. The molecular weight excluding hydrogens is 236 g/mol. The summed E-state index contributed by atoms with van der Waals surface area (Å²) in [5.41, 5.74) is 8.23. The van der Waals surface area contributed by atoms with E-state index >= 15 is 0 Å². The van der Waals surface area contributed by atoms with Gasteiger partial charge in [-0.15, -0.1) is 0 Å². The third-order valence-electron chi connectivity index (χ3n) is 2.99. The molecule has 0 saturated carbocycles. The molecule has 106 valence electrons. The number of aryl methyl sites for hydroxylation is 1. The number of anilines is 1. The van der Waals surface area contributed by atoms with Crippen LogP contribution < -0.4 is 11.1 Å². The lowest BCUT2D eigenvalue weighted by Gasteiger charge is -2.22. The van der Waals surface area contributed by atoms with Crippen molar-refractivity contribution in [2.45, 2.75) is 53.0 Å². The second-order valence-corrected chi connectivity index (χ2v) is 6.29. The average molecular weight is 262 g/mol. The first-order chi connectivity index (χ1) is 8.81. The summed E-state index contributed by atoms with van der Waals surface area (Å²) in [6, 6.07) is 7.80. The number of carbonyl (C=O) groups excluding carboxylic acids is 1. The van der Waals surface area contributed by atoms with E-state index in [-0.39, 0.29) is 17.4 Å². The predicted octanol–water partition coefficient (Wildman–Crippen LogP) is 3.34. The second-order valence-electron chi connectivity index (χ2n) is 6.29. The number of carbonyl (C=O) groups is 1. The summed E-state index contributed by atoms with van der Waals surface area (Å²) in [7, 11) is 0. The fourth-order valence-electron chi connectivity index (χ4n) is 2.25. The molecule has 1 amide bonds. The van der Waals surface area contributed by atoms with E-state index in [2.05, 4.69) is 33.0 Å². The van der Waals surface area contributed by atoms with E-state index in [1.54, 1.807) is 0 Å². The van der Waals surface area contributed by atoms with Gasteiger partial charge in [0.15, 0.2) is 0 Å². The summed E-state index contributed by atoms with van der Waals surface area (Å²) in [6.45, 7) is 8.49. The molecule has 19 heavy (non-hydrogen) atoms. The lowest BCUT2D eigenvalue weighted by atomic mass is 9.87. The minimum Gasteiger partial charge on any atom is -0.327 e. The van der Waals surface area contributed by atoms with Gasteiger partial charge in [-0.05, 0) is 29.9 Å². The van der Waals surface area contributed by atoms with Gasteiger partial charge in [-0.2, -0.15) is 0 Å². The SMILES string of the molecule is CCc1ccccc1NC(=O)CC(N)CC(C)(C)C. The van der Waals surface area contributed by atoms with Gasteiger partial charge in [0.05, 0.1) is 0 Å². The number of nitrogens with one attached hydrogen (secondary N) is 1. The third-order valence-corrected chi connectivity index (χ3v) is 2.99. The molecule has 0 heterocycles. The molecule has 0 saturated heterocycles. The van der Waals surface area contributed by atoms with Crippen molar-refractivity contribution in [3.05, 3.63) is 29.8 Å². The molecule has 3 N–H and O–H groups in total. The lowest BCUT2D eigenvalue weighted by molar-refractivity contribution is -0.116. The fourth-order valence-corrected chi connectivity index (χ4v) is 2.25. The van der Waals surface area contributed by atoms with Crippen LogP contribution in [0.4, 0.5) is 5.69 Å². The van der Waals surface area contributed by atoms with Crippen LogP contribution in [0.3, 0.4) is 0 Å². The minimum absolute atomic E-state index is 0.00218. The standard InChI is InChI=1S/C16H26N2O/c1-5-12-8-6-7-9-14(12)18-15(19)10-13(17)11-16(2,3)4/h6-9,13H,5,10-11,17H2,1-4H3,(H,18,19). The quantitative estimate of drug-likeness (QED) is 0.855. The smallest absolute Gasteiger partial charge is 0.225 e. The van der Waals surface area contributed by atoms with Crippen LogP contribution in [-0.2, 0) is 11.2 Å². The minimum atomic E-state index is -0.0891. The summed E-state index contributed by atoms with van der Waals surface area (Å²) < 4.78 is 0. The van der Waals surface area contributed by atoms with Gasteiger partial charge < -0.3 is 11.1 Å². The zero-order valence-corrected chi connectivity index (χ0v) is 12.5. The first kappa shape index (κ1) is 15.7. The largest absolute Gasteiger partial charge is 0.327 e. The number of nitrogens with two attached hydrogens (primary N) is 1. The van der Waals surface area contributed by atoms with Gasteiger partial charge in [-0.3, -0.25) is 4.79 Å². The van der Waals surface area contributed by atoms with Crippen molar-refractivity contribution < 1.29 is 4.79 Å². The number of amides is 1. The molecule has 1 aromatic rings. The molecule has 3 heteroatoms. The van der Waals surface area contributed by atoms with Crippen molar-refractivity contribution in [2.75, 3.05) is 5.32 Å². The first-order valence-electron chi connectivity index (χ1n) is 6.95. The maximum atomic E-state index is 12.0. The van der Waals surface area contributed by atoms with Crippen molar-refractivity contribution in [3.8, 4) is 0 Å². The Labute approximate surface area is 116 Å². The molecule has 0 bridgehead atoms. The molecule has 0 aromatic heterocycles. The topological polar surface area (TPSA) is 55.1 Å². The van der Waals surface area contributed by atoms with E-state index in [0.29, 0.717) is 6.42 Å². The van der Waals surface area contributed by atoms with Crippen molar-refractivity contribution in [3.63, 3.8) is 0 Å². The third kappa shape index (κ3) is 5.88. The zero-order chi connectivity index (χ0) is 14.5. The Morgan fingerprint density at radius 1 is 1.32 bits per heavy atom. The Morgan fingerprint density at radius 2 is 1.95 bits per heavy atom. The van der Waals surface area contributed by atoms with Crippen molar-refractivity contribution in [1.29, 1.82) is 0 Å². The summed E-state index contributed by atoms with van der Waals surface area (Å²) in [6.07, 6.45) is 2.12. The van der Waals surface area contributed by atoms with Crippen LogP contribution in [0.15, 0.2) is 24.3 Å². The number of benzene rings is 1. The molecule has 0 aliphatic carbocycles. The molecule has 0 radical (unpaired) electrons. The first-order valence-corrected chi connectivity index (χ1v) is 6.95. The van der Waals surface area contributed by atoms with Crippen LogP contribution in [0.25, 0.3) is 0 Å². The Bertz CT molecular complexity index is 421. The van der Waals surface area contributed by atoms with Gasteiger partial charge in [0.25, 0.3) is 0 Å². The molecule has 0 fully saturated rings. The van der Waals surface area contributed by atoms with Crippen molar-refractivity contribution >= 4 is 11.6 Å². The molecule has 1 atom stereocenters. The van der Waals surface area contributed by atoms with Gasteiger partial charge in [-0.25, -0.2) is 0 Å². The van der Waals surface area contributed by atoms with E-state index in [4.69, 9.17) is 5.73 Å². The van der Waals surface area contributed by atoms with Gasteiger partial charge >= 0.3 is 0 Å². The molecule has 1 unspecified atom stereocenters. The normalized spacial score (nSPS) is 13.1. The van der Waals surface area contributed by atoms with Crippen LogP contribution >= 0.6 is 0 Å². The van der Waals surface area contributed by atoms with Crippen LogP contribution in [0, 0.1) is 5.41 Å². The Hall–Kier alpha value is -1.35. The molecular formula is C16H26N2O. The maximum absolute atomic E-state index is 12.0. The number of rotatable bonds is 5. The number of hydrogen-bond acceptors (Lipinski definition) is 2. The Balaban J connectivity index is 2.56. The Kier molecular flexibility index (Phi) is 5.55. The molecule has 0 aliphatic heterocycles. The van der Waals surface area contributed by atoms with Gasteiger partial charge in [0.2, 0.25) is 5.91 Å². The highest BCUT2D eigenvalue weighted by Crippen LogP contribution is 2.21. The molecule has 3 nitrogen and oxygen atoms in total. The average Bonchev–Trinajstić information content (AvgIpc) is 2.26. The van der Waals surface area contributed by atoms with E-state index in [0.717, 1.165) is 24.1 Å². The lowest BCUT2D eigenvalue weighted by Crippen LogP contribution is -2.31. The molecule has 1 aromatic carbocycles. The highest BCUT2D eigenvalue weighted by Gasteiger charge is 2.18. The van der Waals surface area contributed by atoms with Crippen LogP contribution in [0.1, 0.15) is 46.1 Å². The van der Waals surface area contributed by atoms with Gasteiger partial charge in [-0.1, -0.05) is 45.9 Å². The van der Waals surface area contributed by atoms with Crippen LogP contribution in [0.2, 0.25) is 0 Å². The van der Waals surface area contributed by atoms with Crippen LogP contribution in [0.5, 0.6) is 0 Å². The number of para-hydroxylation sites is 1. The Morgan fingerprint density at radius 3 is 2.53 bits per heavy atom. The summed E-state index contributed by atoms with van der Waals surface area (Å²) in [4.78, 5) is 12.0. The highest BCUT2D eigenvalue weighted by molar-refractivity contribution is 5.91. The van der Waals surface area contributed by atoms with Crippen molar-refractivity contribution in [1.82, 2.24) is 0 Å². The second kappa shape index (κ2) is 6.71. The van der Waals surface area contributed by atoms with Gasteiger partial charge in [0.1, 0.15) is 0 Å². The summed E-state index contributed by atoms with van der Waals surface area (Å²) in [5, 5.41) is 2.96. The molecule has 0 aliphatic rings.